The molecule has 1 fully saturated rings. The van der Waals surface area contributed by atoms with Crippen LogP contribution in [0.4, 0.5) is 0 Å². The van der Waals surface area contributed by atoms with E-state index in [1.807, 2.05) is 0 Å². The molecule has 1 saturated heterocycles. The standard InChI is InChI=1S/C14H30N2O/c1-4-8-15-9-6-5-7-10-16-11-12-17-13-14(16,2)3/h15H,4-13H2,1-3H3. The van der Waals surface area contributed by atoms with Crippen molar-refractivity contribution in [2.45, 2.75) is 52.0 Å². The quantitative estimate of drug-likeness (QED) is 0.661. The van der Waals surface area contributed by atoms with Gasteiger partial charge in [-0.25, -0.2) is 0 Å². The van der Waals surface area contributed by atoms with E-state index in [1.165, 1.54) is 38.8 Å². The van der Waals surface area contributed by atoms with Crippen LogP contribution in [-0.4, -0.2) is 49.8 Å². The molecule has 0 radical (unpaired) electrons. The summed E-state index contributed by atoms with van der Waals surface area (Å²) in [6.07, 6.45) is 5.20. The van der Waals surface area contributed by atoms with Crippen LogP contribution in [0, 0.1) is 0 Å². The number of unbranched alkanes of at least 4 members (excludes halogenated alkanes) is 2. The zero-order valence-corrected chi connectivity index (χ0v) is 11.9. The summed E-state index contributed by atoms with van der Waals surface area (Å²) < 4.78 is 5.54. The van der Waals surface area contributed by atoms with E-state index >= 15 is 0 Å². The number of rotatable bonds is 8. The van der Waals surface area contributed by atoms with Crippen molar-refractivity contribution in [2.75, 3.05) is 39.4 Å². The summed E-state index contributed by atoms with van der Waals surface area (Å²) in [4.78, 5) is 2.58. The lowest BCUT2D eigenvalue weighted by Gasteiger charge is -2.42. The van der Waals surface area contributed by atoms with Crippen LogP contribution >= 0.6 is 0 Å². The van der Waals surface area contributed by atoms with Gasteiger partial charge in [-0.05, 0) is 52.7 Å². The molecule has 0 aliphatic carbocycles. The van der Waals surface area contributed by atoms with Crippen LogP contribution in [0.25, 0.3) is 0 Å². The third-order valence-electron chi connectivity index (χ3n) is 3.53. The zero-order chi connectivity index (χ0) is 12.6. The van der Waals surface area contributed by atoms with Crippen molar-refractivity contribution >= 4 is 0 Å². The molecule has 0 amide bonds. The fourth-order valence-corrected chi connectivity index (χ4v) is 2.34. The summed E-state index contributed by atoms with van der Waals surface area (Å²) in [7, 11) is 0. The third kappa shape index (κ3) is 5.84. The molecular weight excluding hydrogens is 212 g/mol. The molecule has 1 rings (SSSR count). The Balaban J connectivity index is 2.01. The Bertz CT molecular complexity index is 195. The predicted molar refractivity (Wildman–Crippen MR) is 73.5 cm³/mol. The van der Waals surface area contributed by atoms with Gasteiger partial charge in [0.1, 0.15) is 0 Å². The molecule has 0 bridgehead atoms. The van der Waals surface area contributed by atoms with Crippen LogP contribution in [0.15, 0.2) is 0 Å². The van der Waals surface area contributed by atoms with Crippen LogP contribution in [0.5, 0.6) is 0 Å². The van der Waals surface area contributed by atoms with Crippen molar-refractivity contribution in [2.24, 2.45) is 0 Å². The van der Waals surface area contributed by atoms with E-state index in [1.54, 1.807) is 0 Å². The van der Waals surface area contributed by atoms with Crippen molar-refractivity contribution in [3.63, 3.8) is 0 Å². The van der Waals surface area contributed by atoms with Crippen LogP contribution in [-0.2, 0) is 4.74 Å². The highest BCUT2D eigenvalue weighted by Crippen LogP contribution is 2.19. The molecule has 1 aliphatic heterocycles. The summed E-state index contributed by atoms with van der Waals surface area (Å²) in [6, 6.07) is 0. The van der Waals surface area contributed by atoms with Crippen LogP contribution in [0.2, 0.25) is 0 Å². The van der Waals surface area contributed by atoms with E-state index in [0.29, 0.717) is 0 Å². The van der Waals surface area contributed by atoms with Gasteiger partial charge in [-0.1, -0.05) is 13.3 Å². The monoisotopic (exact) mass is 242 g/mol. The summed E-state index contributed by atoms with van der Waals surface area (Å²) in [5.74, 6) is 0. The summed E-state index contributed by atoms with van der Waals surface area (Å²) in [5.41, 5.74) is 0.235. The number of nitrogens with zero attached hydrogens (tertiary/aromatic N) is 1. The maximum Gasteiger partial charge on any atom is 0.0645 e. The second-order valence-electron chi connectivity index (χ2n) is 5.66. The molecule has 1 heterocycles. The Kier molecular flexibility index (Phi) is 7.09. The van der Waals surface area contributed by atoms with E-state index in [4.69, 9.17) is 4.74 Å². The van der Waals surface area contributed by atoms with E-state index in [2.05, 4.69) is 31.0 Å². The van der Waals surface area contributed by atoms with E-state index in [9.17, 15) is 0 Å². The van der Waals surface area contributed by atoms with Gasteiger partial charge in [-0.15, -0.1) is 0 Å². The number of hydrogen-bond acceptors (Lipinski definition) is 3. The van der Waals surface area contributed by atoms with Gasteiger partial charge in [0.15, 0.2) is 0 Å². The van der Waals surface area contributed by atoms with Crippen molar-refractivity contribution in [3.8, 4) is 0 Å². The normalized spacial score (nSPS) is 20.6. The van der Waals surface area contributed by atoms with Crippen molar-refractivity contribution in [1.29, 1.82) is 0 Å². The van der Waals surface area contributed by atoms with Gasteiger partial charge in [0, 0.05) is 12.1 Å². The molecule has 17 heavy (non-hydrogen) atoms. The van der Waals surface area contributed by atoms with Gasteiger partial charge in [0.25, 0.3) is 0 Å². The molecule has 0 aromatic heterocycles. The molecule has 3 heteroatoms. The number of ether oxygens (including phenoxy) is 1. The fourth-order valence-electron chi connectivity index (χ4n) is 2.34. The number of nitrogens with one attached hydrogen (secondary N) is 1. The van der Waals surface area contributed by atoms with Crippen LogP contribution in [0.1, 0.15) is 46.5 Å². The smallest absolute Gasteiger partial charge is 0.0645 e. The second kappa shape index (κ2) is 8.06. The summed E-state index contributed by atoms with van der Waals surface area (Å²) >= 11 is 0. The van der Waals surface area contributed by atoms with Gasteiger partial charge in [-0.2, -0.15) is 0 Å². The molecule has 0 aromatic rings. The van der Waals surface area contributed by atoms with E-state index < -0.39 is 0 Å². The van der Waals surface area contributed by atoms with Crippen LogP contribution < -0.4 is 5.32 Å². The van der Waals surface area contributed by atoms with Crippen molar-refractivity contribution < 1.29 is 4.74 Å². The van der Waals surface area contributed by atoms with Gasteiger partial charge in [-0.3, -0.25) is 4.90 Å². The lowest BCUT2D eigenvalue weighted by molar-refractivity contribution is -0.0513. The Labute approximate surface area is 107 Å². The number of hydrogen-bond donors (Lipinski definition) is 1. The third-order valence-corrected chi connectivity index (χ3v) is 3.53. The van der Waals surface area contributed by atoms with E-state index in [-0.39, 0.29) is 5.54 Å². The molecule has 0 saturated carbocycles. The minimum Gasteiger partial charge on any atom is -0.378 e. The average molecular weight is 242 g/mol. The topological polar surface area (TPSA) is 24.5 Å². The van der Waals surface area contributed by atoms with E-state index in [0.717, 1.165) is 26.3 Å². The Morgan fingerprint density at radius 2 is 2.00 bits per heavy atom. The molecule has 0 atom stereocenters. The minimum absolute atomic E-state index is 0.235. The maximum absolute atomic E-state index is 5.54. The highest BCUT2D eigenvalue weighted by Gasteiger charge is 2.29. The largest absolute Gasteiger partial charge is 0.378 e. The summed E-state index contributed by atoms with van der Waals surface area (Å²) in [6.45, 7) is 13.2. The zero-order valence-electron chi connectivity index (χ0n) is 11.9. The molecule has 1 aliphatic rings. The minimum atomic E-state index is 0.235. The van der Waals surface area contributed by atoms with Gasteiger partial charge in [0.05, 0.1) is 13.2 Å². The van der Waals surface area contributed by atoms with Crippen LogP contribution in [0.3, 0.4) is 0 Å². The highest BCUT2D eigenvalue weighted by molar-refractivity contribution is 4.84. The molecular formula is C14H30N2O. The lowest BCUT2D eigenvalue weighted by atomic mass is 10.0. The van der Waals surface area contributed by atoms with Gasteiger partial charge in [0.2, 0.25) is 0 Å². The van der Waals surface area contributed by atoms with Crippen molar-refractivity contribution in [1.82, 2.24) is 10.2 Å². The molecule has 0 aromatic carbocycles. The fraction of sp³-hybridized carbons (Fsp3) is 1.00. The van der Waals surface area contributed by atoms with Gasteiger partial charge < -0.3 is 10.1 Å². The van der Waals surface area contributed by atoms with Gasteiger partial charge >= 0.3 is 0 Å². The Hall–Kier alpha value is -0.120. The Morgan fingerprint density at radius 1 is 1.18 bits per heavy atom. The SMILES string of the molecule is CCCNCCCCCN1CCOCC1(C)C. The maximum atomic E-state index is 5.54. The second-order valence-corrected chi connectivity index (χ2v) is 5.66. The predicted octanol–water partition coefficient (Wildman–Crippen LogP) is 2.27. The number of morpholine rings is 1. The average Bonchev–Trinajstić information content (AvgIpc) is 2.29. The van der Waals surface area contributed by atoms with Crippen molar-refractivity contribution in [3.05, 3.63) is 0 Å². The molecule has 0 spiro atoms. The first-order chi connectivity index (χ1) is 8.17. The lowest BCUT2D eigenvalue weighted by Crippen LogP contribution is -2.53. The first-order valence-electron chi connectivity index (χ1n) is 7.20. The first-order valence-corrected chi connectivity index (χ1v) is 7.20. The molecule has 3 nitrogen and oxygen atoms in total. The first kappa shape index (κ1) is 14.9. The summed E-state index contributed by atoms with van der Waals surface area (Å²) in [5, 5.41) is 3.46. The molecule has 0 unspecified atom stereocenters. The molecule has 102 valence electrons. The highest BCUT2D eigenvalue weighted by atomic mass is 16.5. The molecule has 1 N–H and O–H groups in total. The Morgan fingerprint density at radius 3 is 2.71 bits per heavy atom.